The maximum atomic E-state index is 12.3. The molecule has 2 heterocycles. The average Bonchev–Trinajstić information content (AvgIpc) is 3.23. The van der Waals surface area contributed by atoms with Crippen molar-refractivity contribution in [2.75, 3.05) is 20.1 Å². The molecule has 1 amide bonds. The number of hydrogen-bond donors (Lipinski definition) is 2. The lowest BCUT2D eigenvalue weighted by Crippen LogP contribution is -2.63. The van der Waals surface area contributed by atoms with Crippen molar-refractivity contribution in [1.82, 2.24) is 20.1 Å². The smallest absolute Gasteiger partial charge is 0.245 e. The van der Waals surface area contributed by atoms with Gasteiger partial charge in [0.15, 0.2) is 12.1 Å². The molecule has 36 heavy (non-hydrogen) atoms. The van der Waals surface area contributed by atoms with Crippen molar-refractivity contribution in [1.29, 1.82) is 0 Å². The average molecular weight is 485 g/mol. The van der Waals surface area contributed by atoms with Crippen LogP contribution in [0.15, 0.2) is 72.4 Å². The van der Waals surface area contributed by atoms with Crippen molar-refractivity contribution >= 4 is 18.0 Å². The molecular weight excluding hydrogens is 456 g/mol. The summed E-state index contributed by atoms with van der Waals surface area (Å²) >= 11 is 0. The number of carbonyl (C=O) groups excluding carboxylic acids is 2. The predicted octanol–water partition coefficient (Wildman–Crippen LogP) is 3.34. The summed E-state index contributed by atoms with van der Waals surface area (Å²) in [5.41, 5.74) is 11.3. The van der Waals surface area contributed by atoms with Crippen LogP contribution in [0.1, 0.15) is 34.9 Å². The van der Waals surface area contributed by atoms with Gasteiger partial charge in [0.05, 0.1) is 11.6 Å². The summed E-state index contributed by atoms with van der Waals surface area (Å²) < 4.78 is 7.67. The number of amidine groups is 1. The van der Waals surface area contributed by atoms with Crippen LogP contribution in [-0.2, 0) is 4.79 Å². The molecule has 9 nitrogen and oxygen atoms in total. The number of nitrogens with zero attached hydrogens (tertiary/aromatic N) is 4. The summed E-state index contributed by atoms with van der Waals surface area (Å²) in [5.74, 6) is 1.57. The predicted molar refractivity (Wildman–Crippen MR) is 137 cm³/mol. The van der Waals surface area contributed by atoms with Crippen LogP contribution in [0, 0.1) is 5.41 Å². The summed E-state index contributed by atoms with van der Waals surface area (Å²) in [7, 11) is 1.65. The Balaban J connectivity index is 1.43. The maximum Gasteiger partial charge on any atom is 0.245 e. The van der Waals surface area contributed by atoms with Crippen molar-refractivity contribution in [2.45, 2.75) is 18.9 Å². The summed E-state index contributed by atoms with van der Waals surface area (Å²) in [6.45, 7) is 4.97. The lowest BCUT2D eigenvalue weighted by molar-refractivity contribution is -0.149. The molecule has 1 saturated heterocycles. The van der Waals surface area contributed by atoms with Crippen LogP contribution in [0.4, 0.5) is 0 Å². The van der Waals surface area contributed by atoms with Gasteiger partial charge >= 0.3 is 0 Å². The Morgan fingerprint density at radius 2 is 1.83 bits per heavy atom. The van der Waals surface area contributed by atoms with E-state index in [-0.39, 0.29) is 23.2 Å². The third kappa shape index (κ3) is 4.13. The van der Waals surface area contributed by atoms with Gasteiger partial charge in [-0.05, 0) is 55.3 Å². The van der Waals surface area contributed by atoms with Gasteiger partial charge in [0.2, 0.25) is 5.91 Å². The lowest BCUT2D eigenvalue weighted by Gasteiger charge is -2.58. The highest BCUT2D eigenvalue weighted by Gasteiger charge is 2.54. The minimum absolute atomic E-state index is 0.0433. The number of likely N-dealkylation sites (tertiary alicyclic amines) is 1. The Bertz CT molecular complexity index is 1320. The number of para-hydroxylation sites is 1. The molecule has 5 rings (SSSR count). The van der Waals surface area contributed by atoms with Gasteiger partial charge in [-0.2, -0.15) is 10.2 Å². The maximum absolute atomic E-state index is 12.3. The zero-order valence-electron chi connectivity index (χ0n) is 20.1. The molecule has 1 aliphatic heterocycles. The fourth-order valence-corrected chi connectivity index (χ4v) is 5.19. The van der Waals surface area contributed by atoms with Crippen molar-refractivity contribution in [3.63, 3.8) is 0 Å². The first-order chi connectivity index (χ1) is 17.5. The molecule has 2 aliphatic rings. The van der Waals surface area contributed by atoms with E-state index in [9.17, 15) is 9.59 Å². The highest BCUT2D eigenvalue weighted by Crippen LogP contribution is 2.54. The molecule has 2 aromatic carbocycles. The van der Waals surface area contributed by atoms with Crippen LogP contribution in [0.2, 0.25) is 0 Å². The van der Waals surface area contributed by atoms with Crippen molar-refractivity contribution in [3.05, 3.63) is 78.5 Å². The molecule has 1 spiro atoms. The van der Waals surface area contributed by atoms with Crippen LogP contribution in [0.25, 0.3) is 11.3 Å². The second kappa shape index (κ2) is 9.33. The van der Waals surface area contributed by atoms with Crippen molar-refractivity contribution in [3.8, 4) is 22.8 Å². The van der Waals surface area contributed by atoms with E-state index in [0.717, 1.165) is 30.4 Å². The van der Waals surface area contributed by atoms with Crippen LogP contribution in [0.3, 0.4) is 0 Å². The summed E-state index contributed by atoms with van der Waals surface area (Å²) in [6, 6.07) is 17.1. The zero-order chi connectivity index (χ0) is 25.3. The first kappa shape index (κ1) is 23.3. The fourth-order valence-electron chi connectivity index (χ4n) is 5.19. The number of carbonyl (C=O) groups is 2. The minimum atomic E-state index is -0.0444. The van der Waals surface area contributed by atoms with E-state index in [4.69, 9.17) is 15.6 Å². The number of hydrogen-bond acceptors (Lipinski definition) is 6. The molecule has 1 aliphatic carbocycles. The first-order valence-electron chi connectivity index (χ1n) is 11.8. The second-order valence-corrected chi connectivity index (χ2v) is 9.29. The molecule has 1 aromatic heterocycles. The van der Waals surface area contributed by atoms with Gasteiger partial charge in [0.1, 0.15) is 22.9 Å². The van der Waals surface area contributed by atoms with Gasteiger partial charge in [-0.15, -0.1) is 0 Å². The van der Waals surface area contributed by atoms with E-state index in [0.29, 0.717) is 35.8 Å². The summed E-state index contributed by atoms with van der Waals surface area (Å²) in [6.07, 6.45) is 3.81. The van der Waals surface area contributed by atoms with Gasteiger partial charge in [-0.3, -0.25) is 14.3 Å². The molecule has 0 bridgehead atoms. The monoisotopic (exact) mass is 484 g/mol. The molecule has 2 fully saturated rings. The highest BCUT2D eigenvalue weighted by atomic mass is 16.5. The fraction of sp³-hybridized carbons (Fsp3) is 0.259. The van der Waals surface area contributed by atoms with E-state index < -0.39 is 0 Å². The molecule has 0 atom stereocenters. The third-order valence-corrected chi connectivity index (χ3v) is 6.88. The number of benzene rings is 2. The molecule has 184 valence electrons. The van der Waals surface area contributed by atoms with Gasteiger partial charge in [-0.25, -0.2) is 0 Å². The number of aldehydes is 1. The molecule has 3 N–H and O–H groups in total. The second-order valence-electron chi connectivity index (χ2n) is 9.29. The van der Waals surface area contributed by atoms with E-state index >= 15 is 0 Å². The highest BCUT2D eigenvalue weighted by molar-refractivity contribution is 6.07. The lowest BCUT2D eigenvalue weighted by atomic mass is 9.60. The normalized spacial score (nSPS) is 16.7. The van der Waals surface area contributed by atoms with E-state index in [2.05, 4.69) is 17.1 Å². The number of rotatable bonds is 8. The Morgan fingerprint density at radius 3 is 2.44 bits per heavy atom. The van der Waals surface area contributed by atoms with Gasteiger partial charge in [0.25, 0.3) is 0 Å². The quantitative estimate of drug-likeness (QED) is 0.167. The number of aromatic nitrogens is 2. The molecule has 0 radical (unpaired) electrons. The Labute approximate surface area is 209 Å². The zero-order valence-corrected chi connectivity index (χ0v) is 20.1. The van der Waals surface area contributed by atoms with E-state index in [1.807, 2.05) is 54.6 Å². The van der Waals surface area contributed by atoms with Crippen molar-refractivity contribution in [2.24, 2.45) is 16.3 Å². The van der Waals surface area contributed by atoms with Crippen LogP contribution in [0.5, 0.6) is 11.5 Å². The number of amides is 1. The molecule has 9 heteroatoms. The Hall–Kier alpha value is -4.40. The molecular formula is C27H28N6O3. The Morgan fingerprint density at radius 1 is 1.17 bits per heavy atom. The first-order valence-corrected chi connectivity index (χ1v) is 11.8. The number of nitrogens with one attached hydrogen (secondary N) is 1. The van der Waals surface area contributed by atoms with Crippen LogP contribution < -0.4 is 15.9 Å². The van der Waals surface area contributed by atoms with Crippen LogP contribution in [-0.4, -0.2) is 52.8 Å². The third-order valence-electron chi connectivity index (χ3n) is 6.88. The topological polar surface area (TPSA) is 115 Å². The SMILES string of the molecule is C=CC(=O)N1CC2(CC(n3nc(-c4ccc(Oc5ccccc5)cc4)c(/C(N)=N\NC)c3C=O)C2)C1. The number of hydrazone groups is 1. The number of nitrogens with two attached hydrogens (primary N) is 1. The van der Waals surface area contributed by atoms with Gasteiger partial charge < -0.3 is 20.8 Å². The minimum Gasteiger partial charge on any atom is -0.457 e. The Kier molecular flexibility index (Phi) is 6.05. The van der Waals surface area contributed by atoms with Crippen LogP contribution >= 0.6 is 0 Å². The van der Waals surface area contributed by atoms with Gasteiger partial charge in [-0.1, -0.05) is 24.8 Å². The standard InChI is InChI=1S/C27H28N6O3/c1-3-23(35)32-16-27(17-32)13-19(14-27)33-22(15-34)24(26(28)30-29-2)25(31-33)18-9-11-21(12-10-18)36-20-7-5-4-6-8-20/h3-12,15,19,29H,1,13-14,16-17H2,2H3,(H2,28,30). The van der Waals surface area contributed by atoms with Crippen molar-refractivity contribution < 1.29 is 14.3 Å². The van der Waals surface area contributed by atoms with Gasteiger partial charge in [0, 0.05) is 31.1 Å². The summed E-state index contributed by atoms with van der Waals surface area (Å²) in [5, 5.41) is 8.97. The summed E-state index contributed by atoms with van der Waals surface area (Å²) in [4.78, 5) is 25.9. The number of ether oxygens (including phenoxy) is 1. The van der Waals surface area contributed by atoms with E-state index in [1.165, 1.54) is 6.08 Å². The molecule has 1 saturated carbocycles. The largest absolute Gasteiger partial charge is 0.457 e. The molecule has 3 aromatic rings. The van der Waals surface area contributed by atoms with E-state index in [1.54, 1.807) is 16.6 Å². The molecule has 0 unspecified atom stereocenters.